The smallest absolute Gasteiger partial charge is 0.103 e. The molecule has 4 unspecified atom stereocenters. The highest BCUT2D eigenvalue weighted by molar-refractivity contribution is 3.85. The minimum Gasteiger partial charge on any atom is -0.542 e. The fourth-order valence-corrected chi connectivity index (χ4v) is 0.335. The first-order chi connectivity index (χ1) is 4.61. The first-order valence-electron chi connectivity index (χ1n) is 2.13. The molecule has 1 saturated heterocycles. The van der Waals surface area contributed by atoms with Crippen LogP contribution in [-0.2, 0) is 9.88 Å². The molecule has 0 saturated carbocycles. The van der Waals surface area contributed by atoms with Gasteiger partial charge in [-0.2, -0.15) is 0 Å². The first kappa shape index (κ1) is 7.70. The van der Waals surface area contributed by atoms with E-state index in [0.717, 1.165) is 0 Å². The zero-order chi connectivity index (χ0) is 7.72. The zero-order valence-corrected chi connectivity index (χ0v) is 4.45. The van der Waals surface area contributed by atoms with Crippen molar-refractivity contribution in [3.05, 3.63) is 20.8 Å². The molecule has 60 valence electrons. The van der Waals surface area contributed by atoms with Crippen molar-refractivity contribution < 1.29 is 31.2 Å². The quantitative estimate of drug-likeness (QED) is 0.258. The van der Waals surface area contributed by atoms with Crippen molar-refractivity contribution in [2.45, 2.75) is 0 Å². The van der Waals surface area contributed by atoms with Crippen LogP contribution in [0.5, 0.6) is 0 Å². The van der Waals surface area contributed by atoms with Gasteiger partial charge < -0.3 is 20.8 Å². The van der Waals surface area contributed by atoms with Crippen molar-refractivity contribution >= 4 is 0 Å². The molecule has 1 fully saturated rings. The van der Waals surface area contributed by atoms with Crippen LogP contribution in [0.3, 0.4) is 0 Å². The third-order valence-electron chi connectivity index (χ3n) is 0.704. The molecule has 0 aromatic carbocycles. The van der Waals surface area contributed by atoms with Gasteiger partial charge in [-0.3, -0.25) is 0 Å². The molecular formula is H4N4O6. The summed E-state index contributed by atoms with van der Waals surface area (Å²) in [4.78, 5) is 7.22. The standard InChI is InChI=1S/H4N4O6/c5-1-2(6)10-4(8)3(7)9-1/h1-4H. The molecule has 1 aliphatic heterocycles. The lowest BCUT2D eigenvalue weighted by Crippen LogP contribution is -3.76. The maximum Gasteiger partial charge on any atom is 0.103 e. The van der Waals surface area contributed by atoms with Gasteiger partial charge in [-0.05, 0) is 0 Å². The van der Waals surface area contributed by atoms with Gasteiger partial charge in [-0.25, -0.2) is 0 Å². The molecule has 0 aromatic rings. The van der Waals surface area contributed by atoms with Gasteiger partial charge in [0.1, 0.15) is 9.88 Å². The van der Waals surface area contributed by atoms with Crippen molar-refractivity contribution in [3.63, 3.8) is 0 Å². The number of rotatable bonds is 0. The monoisotopic (exact) mass is 156 g/mol. The van der Waals surface area contributed by atoms with Gasteiger partial charge in [-0.1, -0.05) is 0 Å². The van der Waals surface area contributed by atoms with E-state index in [1.807, 2.05) is 0 Å². The van der Waals surface area contributed by atoms with Gasteiger partial charge in [0.15, 0.2) is 0 Å². The molecule has 0 spiro atoms. The Morgan fingerprint density at radius 1 is 0.600 bits per heavy atom. The van der Waals surface area contributed by atoms with Crippen LogP contribution in [0.1, 0.15) is 0 Å². The van der Waals surface area contributed by atoms with Crippen LogP contribution >= 0.6 is 0 Å². The predicted octanol–water partition coefficient (Wildman–Crippen LogP) is -6.95. The van der Waals surface area contributed by atoms with E-state index in [0.29, 0.717) is 0 Å². The molecule has 1 aliphatic rings. The van der Waals surface area contributed by atoms with Crippen LogP contribution < -0.4 is 21.3 Å². The molecule has 4 atom stereocenters. The van der Waals surface area contributed by atoms with Crippen molar-refractivity contribution in [2.75, 3.05) is 0 Å². The Morgan fingerprint density at radius 3 is 1.00 bits per heavy atom. The van der Waals surface area contributed by atoms with Gasteiger partial charge in [-0.15, -0.1) is 0 Å². The van der Waals surface area contributed by atoms with Crippen LogP contribution in [0.15, 0.2) is 0 Å². The average Bonchev–Trinajstić information content (AvgIpc) is 1.84. The SMILES string of the molecule is [O-][NH+]1O[NH+]([O-])[NH+]([O-])O[NH+]1[O-]. The molecule has 0 amide bonds. The molecule has 10 heavy (non-hydrogen) atoms. The van der Waals surface area contributed by atoms with Crippen molar-refractivity contribution in [1.82, 2.24) is 0 Å². The molecular weight excluding hydrogens is 152 g/mol. The number of hydrogen-bond donors (Lipinski definition) is 4. The normalized spacial score (nSPS) is 49.2. The van der Waals surface area contributed by atoms with Crippen LogP contribution in [0.2, 0.25) is 0 Å². The highest BCUT2D eigenvalue weighted by Gasteiger charge is 2.29. The van der Waals surface area contributed by atoms with E-state index < -0.39 is 21.3 Å². The largest absolute Gasteiger partial charge is 0.542 e. The Balaban J connectivity index is 2.46. The van der Waals surface area contributed by atoms with Gasteiger partial charge in [0.25, 0.3) is 0 Å². The Bertz CT molecular complexity index is 90.3. The van der Waals surface area contributed by atoms with Gasteiger partial charge in [0, 0.05) is 21.3 Å². The average molecular weight is 156 g/mol. The van der Waals surface area contributed by atoms with E-state index in [1.165, 1.54) is 0 Å². The highest BCUT2D eigenvalue weighted by atomic mass is 17.3. The van der Waals surface area contributed by atoms with Crippen molar-refractivity contribution in [1.29, 1.82) is 0 Å². The molecule has 4 N–H and O–H groups in total. The van der Waals surface area contributed by atoms with Crippen LogP contribution in [0, 0.1) is 20.8 Å². The predicted molar refractivity (Wildman–Crippen MR) is 19.5 cm³/mol. The maximum absolute atomic E-state index is 10.1. The molecule has 0 bridgehead atoms. The molecule has 10 heteroatoms. The lowest BCUT2D eigenvalue weighted by atomic mass is 12.2. The summed E-state index contributed by atoms with van der Waals surface area (Å²) in [7, 11) is 0. The summed E-state index contributed by atoms with van der Waals surface area (Å²) in [5, 5.41) is 34.4. The van der Waals surface area contributed by atoms with E-state index in [-0.39, 0.29) is 0 Å². The Kier molecular flexibility index (Phi) is 2.07. The van der Waals surface area contributed by atoms with Gasteiger partial charge in [0.2, 0.25) is 0 Å². The summed E-state index contributed by atoms with van der Waals surface area (Å²) in [5.74, 6) is 0. The topological polar surface area (TPSA) is 128 Å². The third-order valence-corrected chi connectivity index (χ3v) is 0.704. The van der Waals surface area contributed by atoms with E-state index in [4.69, 9.17) is 0 Å². The lowest BCUT2D eigenvalue weighted by Gasteiger charge is -2.35. The van der Waals surface area contributed by atoms with Crippen molar-refractivity contribution in [3.8, 4) is 0 Å². The Morgan fingerprint density at radius 2 is 0.800 bits per heavy atom. The van der Waals surface area contributed by atoms with Gasteiger partial charge >= 0.3 is 0 Å². The summed E-state index contributed by atoms with van der Waals surface area (Å²) in [6.07, 6.45) is 0. The summed E-state index contributed by atoms with van der Waals surface area (Å²) in [6, 6.07) is 0. The number of hydrogen-bond acceptors (Lipinski definition) is 6. The molecule has 0 aromatic heterocycles. The number of nitrogens with one attached hydrogen (secondary N) is 4. The van der Waals surface area contributed by atoms with E-state index >= 15 is 0 Å². The van der Waals surface area contributed by atoms with E-state index in [9.17, 15) is 20.8 Å². The third kappa shape index (κ3) is 1.36. The van der Waals surface area contributed by atoms with Crippen LogP contribution in [0.4, 0.5) is 0 Å². The molecule has 1 heterocycles. The molecule has 10 nitrogen and oxygen atoms in total. The van der Waals surface area contributed by atoms with Gasteiger partial charge in [0.05, 0.1) is 0 Å². The van der Waals surface area contributed by atoms with E-state index in [2.05, 4.69) is 9.88 Å². The second kappa shape index (κ2) is 2.69. The van der Waals surface area contributed by atoms with Crippen molar-refractivity contribution in [2.24, 2.45) is 0 Å². The molecule has 0 radical (unpaired) electrons. The maximum atomic E-state index is 10.1. The molecule has 0 aliphatic carbocycles. The summed E-state index contributed by atoms with van der Waals surface area (Å²) >= 11 is 0. The zero-order valence-electron chi connectivity index (χ0n) is 4.45. The minimum atomic E-state index is -1.47. The second-order valence-corrected chi connectivity index (χ2v) is 1.35. The van der Waals surface area contributed by atoms with Crippen LogP contribution in [0.25, 0.3) is 0 Å². The summed E-state index contributed by atoms with van der Waals surface area (Å²) < 4.78 is 0. The molecule has 1 rings (SSSR count). The Hall–Kier alpha value is -0.400. The minimum absolute atomic E-state index is 1.47. The fourth-order valence-electron chi connectivity index (χ4n) is 0.335. The fraction of sp³-hybridized carbons (Fsp3) is 0. The lowest BCUT2D eigenvalue weighted by molar-refractivity contribution is -1.87. The Labute approximate surface area is 53.4 Å². The van der Waals surface area contributed by atoms with Crippen LogP contribution in [-0.4, -0.2) is 0 Å². The van der Waals surface area contributed by atoms with E-state index in [1.54, 1.807) is 0 Å². The summed E-state index contributed by atoms with van der Waals surface area (Å²) in [6.45, 7) is 0. The first-order valence-corrected chi connectivity index (χ1v) is 2.13. The highest BCUT2D eigenvalue weighted by Crippen LogP contribution is 1.31. The summed E-state index contributed by atoms with van der Waals surface area (Å²) in [5.41, 5.74) is 0. The number of quaternary nitrogens is 4. The second-order valence-electron chi connectivity index (χ2n) is 1.35.